The Morgan fingerprint density at radius 3 is 2.56 bits per heavy atom. The van der Waals surface area contributed by atoms with Gasteiger partial charge in [0.25, 0.3) is 0 Å². The molecule has 0 amide bonds. The molecular weight excluding hydrogens is 455 g/mol. The van der Waals surface area contributed by atoms with Crippen molar-refractivity contribution in [1.29, 1.82) is 0 Å². The zero-order valence-electron chi connectivity index (χ0n) is 21.0. The molecule has 1 aliphatic rings. The number of rotatable bonds is 7. The second-order valence-electron chi connectivity index (χ2n) is 9.48. The zero-order valence-corrected chi connectivity index (χ0v) is 21.0. The van der Waals surface area contributed by atoms with Crippen LogP contribution in [0.1, 0.15) is 43.3 Å². The minimum Gasteiger partial charge on any atom is -0.508 e. The molecule has 1 aliphatic heterocycles. The van der Waals surface area contributed by atoms with Crippen molar-refractivity contribution < 1.29 is 9.50 Å². The van der Waals surface area contributed by atoms with Crippen molar-refractivity contribution in [2.24, 2.45) is 0 Å². The fourth-order valence-electron chi connectivity index (χ4n) is 4.87. The van der Waals surface area contributed by atoms with E-state index < -0.39 is 0 Å². The van der Waals surface area contributed by atoms with Gasteiger partial charge in [-0.25, -0.2) is 19.0 Å². The largest absolute Gasteiger partial charge is 0.508 e. The fraction of sp³-hybridized carbons (Fsp3) is 0.393. The quantitative estimate of drug-likeness (QED) is 0.394. The Morgan fingerprint density at radius 2 is 1.78 bits per heavy atom. The van der Waals surface area contributed by atoms with Gasteiger partial charge in [-0.1, -0.05) is 31.5 Å². The maximum absolute atomic E-state index is 13.6. The standard InChI is InChI=1S/C28H33FN6O/c1-3-4-10-25-30-27(26-20(2)32-35(28(26)31-25)23-13-11-22(29)12-14-23)34-16-7-15-33(17-18-34)19-21-8-5-6-9-24(21)36/h5-6,8-9,11-14,36H,3-4,7,10,15-19H2,1-2H3. The number of unbranched alkanes of at least 4 members (excludes halogenated alkanes) is 1. The first-order valence-corrected chi connectivity index (χ1v) is 12.8. The topological polar surface area (TPSA) is 70.3 Å². The van der Waals surface area contributed by atoms with E-state index in [1.54, 1.807) is 18.2 Å². The van der Waals surface area contributed by atoms with Gasteiger partial charge < -0.3 is 10.0 Å². The Kier molecular flexibility index (Phi) is 7.13. The van der Waals surface area contributed by atoms with E-state index in [1.165, 1.54) is 12.1 Å². The molecule has 0 bridgehead atoms. The molecule has 0 atom stereocenters. The molecule has 1 fully saturated rings. The van der Waals surface area contributed by atoms with Crippen molar-refractivity contribution in [3.63, 3.8) is 0 Å². The van der Waals surface area contributed by atoms with Gasteiger partial charge in [0.05, 0.1) is 16.8 Å². The number of fused-ring (bicyclic) bond motifs is 1. The molecule has 1 saturated heterocycles. The molecule has 188 valence electrons. The Bertz CT molecular complexity index is 1340. The maximum atomic E-state index is 13.6. The summed E-state index contributed by atoms with van der Waals surface area (Å²) in [6.45, 7) is 8.42. The number of hydrogen-bond donors (Lipinski definition) is 1. The normalized spacial score (nSPS) is 14.9. The van der Waals surface area contributed by atoms with E-state index in [9.17, 15) is 9.50 Å². The van der Waals surface area contributed by atoms with Gasteiger partial charge in [-0.05, 0) is 50.1 Å². The predicted molar refractivity (Wildman–Crippen MR) is 140 cm³/mol. The average Bonchev–Trinajstić information content (AvgIpc) is 3.05. The molecule has 4 aromatic rings. The van der Waals surface area contributed by atoms with Gasteiger partial charge in [0.1, 0.15) is 23.2 Å². The van der Waals surface area contributed by atoms with E-state index in [-0.39, 0.29) is 5.82 Å². The summed E-state index contributed by atoms with van der Waals surface area (Å²) in [6, 6.07) is 13.9. The number of aromatic hydroxyl groups is 1. The second kappa shape index (κ2) is 10.6. The second-order valence-corrected chi connectivity index (χ2v) is 9.48. The Labute approximate surface area is 211 Å². The van der Waals surface area contributed by atoms with Crippen molar-refractivity contribution >= 4 is 16.9 Å². The molecule has 2 aromatic heterocycles. The Hall–Kier alpha value is -3.52. The first kappa shape index (κ1) is 24.2. The first-order chi connectivity index (χ1) is 17.5. The van der Waals surface area contributed by atoms with Crippen molar-refractivity contribution in [2.45, 2.75) is 46.1 Å². The van der Waals surface area contributed by atoms with Crippen LogP contribution in [-0.4, -0.2) is 55.9 Å². The van der Waals surface area contributed by atoms with Gasteiger partial charge in [0.2, 0.25) is 0 Å². The highest BCUT2D eigenvalue weighted by atomic mass is 19.1. The summed E-state index contributed by atoms with van der Waals surface area (Å²) in [5.41, 5.74) is 3.37. The summed E-state index contributed by atoms with van der Waals surface area (Å²) >= 11 is 0. The molecular formula is C28H33FN6O. The van der Waals surface area contributed by atoms with E-state index in [4.69, 9.17) is 15.1 Å². The monoisotopic (exact) mass is 488 g/mol. The lowest BCUT2D eigenvalue weighted by atomic mass is 10.2. The van der Waals surface area contributed by atoms with Crippen LogP contribution in [0, 0.1) is 12.7 Å². The van der Waals surface area contributed by atoms with Crippen LogP contribution in [0.25, 0.3) is 16.7 Å². The zero-order chi connectivity index (χ0) is 25.1. The third kappa shape index (κ3) is 5.04. The van der Waals surface area contributed by atoms with Gasteiger partial charge in [0, 0.05) is 44.7 Å². The van der Waals surface area contributed by atoms with Crippen LogP contribution in [0.4, 0.5) is 10.2 Å². The molecule has 3 heterocycles. The number of benzene rings is 2. The van der Waals surface area contributed by atoms with Crippen LogP contribution in [0.2, 0.25) is 0 Å². The number of aryl methyl sites for hydroxylation is 2. The van der Waals surface area contributed by atoms with Crippen LogP contribution in [0.15, 0.2) is 48.5 Å². The van der Waals surface area contributed by atoms with Gasteiger partial charge >= 0.3 is 0 Å². The van der Waals surface area contributed by atoms with Crippen LogP contribution in [0.5, 0.6) is 5.75 Å². The summed E-state index contributed by atoms with van der Waals surface area (Å²) in [4.78, 5) is 14.7. The van der Waals surface area contributed by atoms with Gasteiger partial charge in [0.15, 0.2) is 5.65 Å². The highest BCUT2D eigenvalue weighted by Crippen LogP contribution is 2.30. The number of phenolic OH excluding ortho intramolecular Hbond substituents is 1. The number of aromatic nitrogens is 4. The number of phenols is 1. The summed E-state index contributed by atoms with van der Waals surface area (Å²) in [5, 5.41) is 16.0. The highest BCUT2D eigenvalue weighted by molar-refractivity contribution is 5.91. The fourth-order valence-corrected chi connectivity index (χ4v) is 4.87. The van der Waals surface area contributed by atoms with Gasteiger partial charge in [-0.2, -0.15) is 5.10 Å². The molecule has 0 unspecified atom stereocenters. The molecule has 8 heteroatoms. The lowest BCUT2D eigenvalue weighted by Gasteiger charge is -2.24. The summed E-state index contributed by atoms with van der Waals surface area (Å²) in [7, 11) is 0. The van der Waals surface area contributed by atoms with Crippen LogP contribution < -0.4 is 4.90 Å². The average molecular weight is 489 g/mol. The number of halogens is 1. The Balaban J connectivity index is 1.48. The minimum atomic E-state index is -0.274. The van der Waals surface area contributed by atoms with E-state index >= 15 is 0 Å². The smallest absolute Gasteiger partial charge is 0.168 e. The van der Waals surface area contributed by atoms with Crippen LogP contribution in [-0.2, 0) is 13.0 Å². The Morgan fingerprint density at radius 1 is 0.972 bits per heavy atom. The molecule has 5 rings (SSSR count). The number of anilines is 1. The van der Waals surface area contributed by atoms with E-state index in [1.807, 2.05) is 29.8 Å². The predicted octanol–water partition coefficient (Wildman–Crippen LogP) is 5.02. The third-order valence-corrected chi connectivity index (χ3v) is 6.83. The SMILES string of the molecule is CCCCc1nc(N2CCCN(Cc3ccccc3O)CC2)c2c(C)nn(-c3ccc(F)cc3)c2n1. The lowest BCUT2D eigenvalue weighted by Crippen LogP contribution is -2.31. The molecule has 2 aromatic carbocycles. The van der Waals surface area contributed by atoms with Crippen molar-refractivity contribution in [2.75, 3.05) is 31.1 Å². The number of nitrogens with zero attached hydrogens (tertiary/aromatic N) is 6. The van der Waals surface area contributed by atoms with E-state index in [0.29, 0.717) is 5.75 Å². The van der Waals surface area contributed by atoms with Crippen molar-refractivity contribution in [3.8, 4) is 11.4 Å². The molecule has 7 nitrogen and oxygen atoms in total. The lowest BCUT2D eigenvalue weighted by molar-refractivity contribution is 0.281. The summed E-state index contributed by atoms with van der Waals surface area (Å²) in [5.74, 6) is 1.82. The number of para-hydroxylation sites is 1. The molecule has 0 aliphatic carbocycles. The van der Waals surface area contributed by atoms with E-state index in [2.05, 4.69) is 16.7 Å². The molecule has 1 N–H and O–H groups in total. The maximum Gasteiger partial charge on any atom is 0.168 e. The third-order valence-electron chi connectivity index (χ3n) is 6.83. The first-order valence-electron chi connectivity index (χ1n) is 12.8. The highest BCUT2D eigenvalue weighted by Gasteiger charge is 2.24. The molecule has 0 saturated carbocycles. The molecule has 0 radical (unpaired) electrons. The molecule has 0 spiro atoms. The molecule has 36 heavy (non-hydrogen) atoms. The van der Waals surface area contributed by atoms with Crippen molar-refractivity contribution in [1.82, 2.24) is 24.6 Å². The van der Waals surface area contributed by atoms with E-state index in [0.717, 1.165) is 98.0 Å². The summed E-state index contributed by atoms with van der Waals surface area (Å²) < 4.78 is 15.4. The van der Waals surface area contributed by atoms with Crippen LogP contribution in [0.3, 0.4) is 0 Å². The minimum absolute atomic E-state index is 0.274. The van der Waals surface area contributed by atoms with Crippen molar-refractivity contribution in [3.05, 3.63) is 71.4 Å². The summed E-state index contributed by atoms with van der Waals surface area (Å²) in [6.07, 6.45) is 3.88. The number of hydrogen-bond acceptors (Lipinski definition) is 6. The van der Waals surface area contributed by atoms with Crippen LogP contribution >= 0.6 is 0 Å². The van der Waals surface area contributed by atoms with Gasteiger partial charge in [-0.3, -0.25) is 4.90 Å². The van der Waals surface area contributed by atoms with Gasteiger partial charge in [-0.15, -0.1) is 0 Å².